The van der Waals surface area contributed by atoms with E-state index in [4.69, 9.17) is 0 Å². The van der Waals surface area contributed by atoms with E-state index in [0.29, 0.717) is 22.2 Å². The zero-order valence-corrected chi connectivity index (χ0v) is 18.8. The molecule has 2 aliphatic rings. The van der Waals surface area contributed by atoms with Crippen LogP contribution in [0.1, 0.15) is 26.2 Å². The largest absolute Gasteiger partial charge is 0.504 e. The molecule has 8 heteroatoms. The Hall–Kier alpha value is -3.26. The van der Waals surface area contributed by atoms with Gasteiger partial charge in [-0.05, 0) is 62.9 Å². The van der Waals surface area contributed by atoms with Crippen LogP contribution in [0.5, 0.6) is 5.75 Å². The number of halogens is 1. The number of aryl methyl sites for hydroxylation is 1. The summed E-state index contributed by atoms with van der Waals surface area (Å²) in [6, 6.07) is 7.77. The third-order valence-corrected chi connectivity index (χ3v) is 6.98. The Morgan fingerprint density at radius 2 is 2.09 bits per heavy atom. The average Bonchev–Trinajstić information content (AvgIpc) is 3.45. The number of aromatic nitrogens is 4. The molecule has 2 fully saturated rings. The number of nitrogens with one attached hydrogen (secondary N) is 1. The normalized spacial score (nSPS) is 20.9. The van der Waals surface area contributed by atoms with Crippen LogP contribution in [0.15, 0.2) is 36.7 Å². The Labute approximate surface area is 191 Å². The highest BCUT2D eigenvalue weighted by Crippen LogP contribution is 2.36. The Kier molecular flexibility index (Phi) is 4.55. The number of benzene rings is 2. The van der Waals surface area contributed by atoms with Crippen LogP contribution in [0.4, 0.5) is 10.1 Å². The minimum absolute atomic E-state index is 0.139. The first-order chi connectivity index (χ1) is 15.9. The van der Waals surface area contributed by atoms with E-state index >= 15 is 0 Å². The van der Waals surface area contributed by atoms with Gasteiger partial charge in [-0.15, -0.1) is 0 Å². The van der Waals surface area contributed by atoms with Crippen molar-refractivity contribution in [2.45, 2.75) is 31.7 Å². The maximum atomic E-state index is 14.7. The molecule has 3 heterocycles. The second kappa shape index (κ2) is 7.38. The standard InChI is InChI=1S/C25H27FN6O/c1-25(28-11-15-3-4-15)7-8-32(14-25)17-5-6-19-20(10-17)27-12-21(29-19)18-9-16-13-31(2)30-23(16)22(26)24(18)33/h5-6,9-10,12-13,15,28,33H,3-4,7-8,11,14H2,1-2H3/t25-/m1/s1. The zero-order chi connectivity index (χ0) is 22.7. The number of phenolic OH excluding ortho intramolecular Hbond substituents is 1. The molecule has 2 aromatic heterocycles. The first-order valence-electron chi connectivity index (χ1n) is 11.5. The number of hydrogen-bond acceptors (Lipinski definition) is 6. The molecular weight excluding hydrogens is 419 g/mol. The Bertz CT molecular complexity index is 1380. The van der Waals surface area contributed by atoms with E-state index < -0.39 is 11.6 Å². The first-order valence-corrected chi connectivity index (χ1v) is 11.5. The van der Waals surface area contributed by atoms with Crippen molar-refractivity contribution in [1.82, 2.24) is 25.1 Å². The average molecular weight is 447 g/mol. The summed E-state index contributed by atoms with van der Waals surface area (Å²) in [7, 11) is 1.72. The van der Waals surface area contributed by atoms with E-state index in [0.717, 1.165) is 43.2 Å². The molecule has 7 nitrogen and oxygen atoms in total. The molecule has 0 amide bonds. The predicted octanol–water partition coefficient (Wildman–Crippen LogP) is 4.00. The molecule has 170 valence electrons. The van der Waals surface area contributed by atoms with E-state index in [9.17, 15) is 9.50 Å². The molecule has 1 aliphatic carbocycles. The van der Waals surface area contributed by atoms with Crippen molar-refractivity contribution in [3.8, 4) is 17.0 Å². The number of aromatic hydroxyl groups is 1. The Morgan fingerprint density at radius 1 is 1.24 bits per heavy atom. The van der Waals surface area contributed by atoms with Crippen molar-refractivity contribution in [2.24, 2.45) is 13.0 Å². The van der Waals surface area contributed by atoms with Gasteiger partial charge in [0.25, 0.3) is 0 Å². The molecule has 0 bridgehead atoms. The Balaban J connectivity index is 1.28. The van der Waals surface area contributed by atoms with E-state index in [1.807, 2.05) is 6.07 Å². The van der Waals surface area contributed by atoms with Gasteiger partial charge in [-0.25, -0.2) is 9.37 Å². The van der Waals surface area contributed by atoms with Crippen LogP contribution in [0.25, 0.3) is 33.2 Å². The highest BCUT2D eigenvalue weighted by molar-refractivity contribution is 5.89. The van der Waals surface area contributed by atoms with Crippen LogP contribution in [-0.2, 0) is 7.05 Å². The van der Waals surface area contributed by atoms with Crippen LogP contribution in [-0.4, -0.2) is 50.0 Å². The summed E-state index contributed by atoms with van der Waals surface area (Å²) in [5.74, 6) is -0.331. The number of nitrogens with zero attached hydrogens (tertiary/aromatic N) is 5. The van der Waals surface area contributed by atoms with Gasteiger partial charge in [0.15, 0.2) is 11.6 Å². The second-order valence-electron chi connectivity index (χ2n) is 9.81. The fraction of sp³-hybridized carbons (Fsp3) is 0.400. The van der Waals surface area contributed by atoms with Crippen molar-refractivity contribution in [3.05, 3.63) is 42.5 Å². The second-order valence-corrected chi connectivity index (χ2v) is 9.81. The molecule has 1 aliphatic heterocycles. The molecule has 6 rings (SSSR count). The highest BCUT2D eigenvalue weighted by atomic mass is 19.1. The molecular formula is C25H27FN6O. The molecule has 2 aromatic carbocycles. The lowest BCUT2D eigenvalue weighted by atomic mass is 10.0. The van der Waals surface area contributed by atoms with Crippen LogP contribution in [0.2, 0.25) is 0 Å². The van der Waals surface area contributed by atoms with Gasteiger partial charge in [0.05, 0.1) is 22.9 Å². The van der Waals surface area contributed by atoms with E-state index in [-0.39, 0.29) is 11.1 Å². The van der Waals surface area contributed by atoms with Gasteiger partial charge >= 0.3 is 0 Å². The van der Waals surface area contributed by atoms with Crippen LogP contribution in [0.3, 0.4) is 0 Å². The molecule has 33 heavy (non-hydrogen) atoms. The van der Waals surface area contributed by atoms with Gasteiger partial charge in [-0.3, -0.25) is 9.67 Å². The minimum Gasteiger partial charge on any atom is -0.504 e. The maximum Gasteiger partial charge on any atom is 0.193 e. The van der Waals surface area contributed by atoms with Gasteiger partial charge in [0, 0.05) is 48.5 Å². The number of fused-ring (bicyclic) bond motifs is 2. The topological polar surface area (TPSA) is 79.1 Å². The third kappa shape index (κ3) is 3.68. The first kappa shape index (κ1) is 20.4. The zero-order valence-electron chi connectivity index (χ0n) is 18.8. The van der Waals surface area contributed by atoms with Crippen LogP contribution in [0, 0.1) is 11.7 Å². The molecule has 2 N–H and O–H groups in total. The van der Waals surface area contributed by atoms with Crippen molar-refractivity contribution in [2.75, 3.05) is 24.5 Å². The summed E-state index contributed by atoms with van der Waals surface area (Å²) < 4.78 is 16.2. The Morgan fingerprint density at radius 3 is 2.91 bits per heavy atom. The van der Waals surface area contributed by atoms with Crippen LogP contribution >= 0.6 is 0 Å². The van der Waals surface area contributed by atoms with E-state index in [1.165, 1.54) is 17.5 Å². The summed E-state index contributed by atoms with van der Waals surface area (Å²) in [6.45, 7) is 5.40. The lowest BCUT2D eigenvalue weighted by Gasteiger charge is -2.27. The maximum absolute atomic E-state index is 14.7. The molecule has 1 saturated carbocycles. The minimum atomic E-state index is -0.743. The summed E-state index contributed by atoms with van der Waals surface area (Å²) in [5, 5.41) is 18.9. The third-order valence-electron chi connectivity index (χ3n) is 6.98. The quantitative estimate of drug-likeness (QED) is 0.483. The predicted molar refractivity (Wildman–Crippen MR) is 127 cm³/mol. The fourth-order valence-electron chi connectivity index (χ4n) is 4.80. The number of rotatable bonds is 5. The van der Waals surface area contributed by atoms with E-state index in [1.54, 1.807) is 25.5 Å². The highest BCUT2D eigenvalue weighted by Gasteiger charge is 2.35. The van der Waals surface area contributed by atoms with Gasteiger partial charge in [0.1, 0.15) is 5.52 Å². The van der Waals surface area contributed by atoms with Crippen molar-refractivity contribution >= 4 is 27.6 Å². The molecule has 0 radical (unpaired) electrons. The van der Waals surface area contributed by atoms with E-state index in [2.05, 4.69) is 44.3 Å². The number of hydrogen-bond donors (Lipinski definition) is 2. The van der Waals surface area contributed by atoms with Crippen LogP contribution < -0.4 is 10.2 Å². The molecule has 0 spiro atoms. The number of phenols is 1. The summed E-state index contributed by atoms with van der Waals surface area (Å²) in [4.78, 5) is 11.7. The fourth-order valence-corrected chi connectivity index (χ4v) is 4.80. The lowest BCUT2D eigenvalue weighted by molar-refractivity contribution is 0.384. The van der Waals surface area contributed by atoms with Crippen molar-refractivity contribution in [3.63, 3.8) is 0 Å². The van der Waals surface area contributed by atoms with Gasteiger partial charge in [-0.2, -0.15) is 5.10 Å². The number of anilines is 1. The smallest absolute Gasteiger partial charge is 0.193 e. The van der Waals surface area contributed by atoms with Gasteiger partial charge in [-0.1, -0.05) is 0 Å². The van der Waals surface area contributed by atoms with Crippen molar-refractivity contribution in [1.29, 1.82) is 0 Å². The molecule has 4 aromatic rings. The van der Waals surface area contributed by atoms with Gasteiger partial charge < -0.3 is 15.3 Å². The molecule has 1 atom stereocenters. The van der Waals surface area contributed by atoms with Crippen molar-refractivity contribution < 1.29 is 9.50 Å². The van der Waals surface area contributed by atoms with Gasteiger partial charge in [0.2, 0.25) is 0 Å². The lowest BCUT2D eigenvalue weighted by Crippen LogP contribution is -2.45. The molecule has 1 saturated heterocycles. The summed E-state index contributed by atoms with van der Waals surface area (Å²) in [6.07, 6.45) is 7.14. The monoisotopic (exact) mass is 446 g/mol. The summed E-state index contributed by atoms with van der Waals surface area (Å²) in [5.41, 5.74) is 3.63. The molecule has 0 unspecified atom stereocenters. The summed E-state index contributed by atoms with van der Waals surface area (Å²) >= 11 is 0. The SMILES string of the molecule is Cn1cc2cc(-c3cnc4cc(N5CC[C@@](C)(NCC6CC6)C5)ccc4n3)c(O)c(F)c2n1.